The topological polar surface area (TPSA) is 64.0 Å². The number of thiophene rings is 1. The molecule has 0 saturated heterocycles. The van der Waals surface area contributed by atoms with E-state index in [4.69, 9.17) is 0 Å². The summed E-state index contributed by atoms with van der Waals surface area (Å²) in [6.45, 7) is 2.34. The number of rotatable bonds is 5. The van der Waals surface area contributed by atoms with Crippen LogP contribution in [0.15, 0.2) is 70.2 Å². The van der Waals surface area contributed by atoms with Gasteiger partial charge in [0.2, 0.25) is 5.91 Å². The summed E-state index contributed by atoms with van der Waals surface area (Å²) in [5.41, 5.74) is 2.65. The highest BCUT2D eigenvalue weighted by Crippen LogP contribution is 2.35. The number of halogens is 1. The molecular formula is C22H18BrN3O2S. The lowest BCUT2D eigenvalue weighted by Crippen LogP contribution is -2.32. The van der Waals surface area contributed by atoms with Gasteiger partial charge < -0.3 is 5.32 Å². The zero-order chi connectivity index (χ0) is 20.4. The number of carbonyl (C=O) groups is 1. The van der Waals surface area contributed by atoms with Crippen molar-refractivity contribution in [1.82, 2.24) is 14.9 Å². The molecule has 1 N–H and O–H groups in total. The number of nitrogens with one attached hydrogen (secondary N) is 1. The molecule has 146 valence electrons. The molecule has 4 aromatic rings. The molecule has 0 bridgehead atoms. The van der Waals surface area contributed by atoms with E-state index in [1.165, 1.54) is 22.2 Å². The quantitative estimate of drug-likeness (QED) is 0.469. The SMILES string of the molecule is Cc1sc2ncn(CC(=O)NCc3ccccc3)c(=O)c2c1-c1ccc(Br)cc1. The lowest BCUT2D eigenvalue weighted by Gasteiger charge is -2.08. The number of nitrogens with zero attached hydrogens (tertiary/aromatic N) is 2. The smallest absolute Gasteiger partial charge is 0.263 e. The van der Waals surface area contributed by atoms with E-state index < -0.39 is 0 Å². The molecule has 0 aliphatic rings. The van der Waals surface area contributed by atoms with Crippen LogP contribution in [0.2, 0.25) is 0 Å². The van der Waals surface area contributed by atoms with E-state index in [1.54, 1.807) is 0 Å². The molecule has 0 radical (unpaired) electrons. The number of amides is 1. The minimum absolute atomic E-state index is 0.0662. The first-order valence-electron chi connectivity index (χ1n) is 9.08. The van der Waals surface area contributed by atoms with E-state index >= 15 is 0 Å². The molecule has 2 aromatic heterocycles. The molecule has 2 aromatic carbocycles. The molecule has 0 unspecified atom stereocenters. The van der Waals surface area contributed by atoms with Gasteiger partial charge in [-0.25, -0.2) is 4.98 Å². The van der Waals surface area contributed by atoms with Crippen molar-refractivity contribution in [3.8, 4) is 11.1 Å². The normalized spacial score (nSPS) is 11.0. The van der Waals surface area contributed by atoms with Crippen LogP contribution in [0.25, 0.3) is 21.3 Å². The van der Waals surface area contributed by atoms with Gasteiger partial charge in [-0.3, -0.25) is 14.2 Å². The number of fused-ring (bicyclic) bond motifs is 1. The molecule has 0 spiro atoms. The van der Waals surface area contributed by atoms with Crippen molar-refractivity contribution in [3.05, 3.63) is 86.2 Å². The Bertz CT molecular complexity index is 1230. The monoisotopic (exact) mass is 467 g/mol. The largest absolute Gasteiger partial charge is 0.350 e. The fraction of sp³-hybridized carbons (Fsp3) is 0.136. The zero-order valence-electron chi connectivity index (χ0n) is 15.7. The molecule has 0 saturated carbocycles. The molecule has 0 atom stereocenters. The lowest BCUT2D eigenvalue weighted by atomic mass is 10.0. The van der Waals surface area contributed by atoms with Crippen LogP contribution in [0.4, 0.5) is 0 Å². The van der Waals surface area contributed by atoms with Crippen LogP contribution in [-0.4, -0.2) is 15.5 Å². The van der Waals surface area contributed by atoms with Gasteiger partial charge in [0.25, 0.3) is 5.56 Å². The summed E-state index contributed by atoms with van der Waals surface area (Å²) in [5.74, 6) is -0.228. The highest BCUT2D eigenvalue weighted by Gasteiger charge is 2.17. The average Bonchev–Trinajstić information content (AvgIpc) is 3.07. The van der Waals surface area contributed by atoms with E-state index in [9.17, 15) is 9.59 Å². The Kier molecular flexibility index (Phi) is 5.60. The van der Waals surface area contributed by atoms with Crippen molar-refractivity contribution in [1.29, 1.82) is 0 Å². The van der Waals surface area contributed by atoms with Gasteiger partial charge in [-0.05, 0) is 30.2 Å². The summed E-state index contributed by atoms with van der Waals surface area (Å²) >= 11 is 4.93. The molecule has 2 heterocycles. The van der Waals surface area contributed by atoms with E-state index in [-0.39, 0.29) is 18.0 Å². The summed E-state index contributed by atoms with van der Waals surface area (Å²) in [7, 11) is 0. The molecule has 29 heavy (non-hydrogen) atoms. The number of carbonyl (C=O) groups excluding carboxylic acids is 1. The average molecular weight is 468 g/mol. The van der Waals surface area contributed by atoms with E-state index in [1.807, 2.05) is 61.5 Å². The maximum absolute atomic E-state index is 13.2. The van der Waals surface area contributed by atoms with Gasteiger partial charge in [-0.15, -0.1) is 11.3 Å². The number of aryl methyl sites for hydroxylation is 1. The predicted octanol–water partition coefficient (Wildman–Crippen LogP) is 4.51. The molecular weight excluding hydrogens is 450 g/mol. The Morgan fingerprint density at radius 2 is 1.86 bits per heavy atom. The summed E-state index contributed by atoms with van der Waals surface area (Å²) in [6, 6.07) is 17.5. The third-order valence-electron chi connectivity index (χ3n) is 4.63. The molecule has 1 amide bonds. The Balaban J connectivity index is 1.63. The van der Waals surface area contributed by atoms with Gasteiger partial charge in [0, 0.05) is 21.5 Å². The van der Waals surface area contributed by atoms with Gasteiger partial charge in [-0.1, -0.05) is 58.4 Å². The summed E-state index contributed by atoms with van der Waals surface area (Å²) < 4.78 is 2.35. The first-order chi connectivity index (χ1) is 14.0. The van der Waals surface area contributed by atoms with Crippen molar-refractivity contribution >= 4 is 43.4 Å². The molecule has 0 aliphatic carbocycles. The van der Waals surface area contributed by atoms with Crippen LogP contribution in [0.1, 0.15) is 10.4 Å². The van der Waals surface area contributed by atoms with Gasteiger partial charge in [-0.2, -0.15) is 0 Å². The number of hydrogen-bond donors (Lipinski definition) is 1. The van der Waals surface area contributed by atoms with Gasteiger partial charge in [0.15, 0.2) is 0 Å². The van der Waals surface area contributed by atoms with Gasteiger partial charge in [0.05, 0.1) is 11.7 Å². The fourth-order valence-corrected chi connectivity index (χ4v) is 4.49. The van der Waals surface area contributed by atoms with Crippen molar-refractivity contribution in [2.24, 2.45) is 0 Å². The first-order valence-corrected chi connectivity index (χ1v) is 10.7. The highest BCUT2D eigenvalue weighted by molar-refractivity contribution is 9.10. The zero-order valence-corrected chi connectivity index (χ0v) is 18.1. The van der Waals surface area contributed by atoms with Crippen LogP contribution >= 0.6 is 27.3 Å². The Morgan fingerprint density at radius 1 is 1.14 bits per heavy atom. The van der Waals surface area contributed by atoms with E-state index in [0.717, 1.165) is 26.0 Å². The molecule has 7 heteroatoms. The summed E-state index contributed by atoms with van der Waals surface area (Å²) in [4.78, 5) is 31.7. The molecule has 0 aliphatic heterocycles. The van der Waals surface area contributed by atoms with Crippen molar-refractivity contribution in [3.63, 3.8) is 0 Å². The Labute approximate surface area is 180 Å². The van der Waals surface area contributed by atoms with Gasteiger partial charge >= 0.3 is 0 Å². The second-order valence-electron chi connectivity index (χ2n) is 6.66. The Hall–Kier alpha value is -2.77. The number of hydrogen-bond acceptors (Lipinski definition) is 4. The van der Waals surface area contributed by atoms with Crippen LogP contribution in [0.3, 0.4) is 0 Å². The Morgan fingerprint density at radius 3 is 2.59 bits per heavy atom. The van der Waals surface area contributed by atoms with Crippen molar-refractivity contribution < 1.29 is 4.79 Å². The molecule has 0 fully saturated rings. The van der Waals surface area contributed by atoms with Crippen molar-refractivity contribution in [2.45, 2.75) is 20.0 Å². The molecule has 4 rings (SSSR count). The van der Waals surface area contributed by atoms with Crippen LogP contribution in [0.5, 0.6) is 0 Å². The first kappa shape index (κ1) is 19.5. The lowest BCUT2D eigenvalue weighted by molar-refractivity contribution is -0.121. The third kappa shape index (κ3) is 4.16. The number of benzene rings is 2. The van der Waals surface area contributed by atoms with E-state index in [0.29, 0.717) is 16.8 Å². The minimum atomic E-state index is -0.228. The van der Waals surface area contributed by atoms with Crippen LogP contribution < -0.4 is 10.9 Å². The van der Waals surface area contributed by atoms with Crippen LogP contribution in [0, 0.1) is 6.92 Å². The second kappa shape index (κ2) is 8.31. The minimum Gasteiger partial charge on any atom is -0.350 e. The van der Waals surface area contributed by atoms with Crippen LogP contribution in [-0.2, 0) is 17.9 Å². The van der Waals surface area contributed by atoms with Gasteiger partial charge in [0.1, 0.15) is 11.4 Å². The fourth-order valence-electron chi connectivity index (χ4n) is 3.22. The molecule has 5 nitrogen and oxygen atoms in total. The van der Waals surface area contributed by atoms with E-state index in [2.05, 4.69) is 26.2 Å². The predicted molar refractivity (Wildman–Crippen MR) is 120 cm³/mol. The standard InChI is InChI=1S/C22H18BrN3O2S/c1-14-19(16-7-9-17(23)10-8-16)20-21(29-14)25-13-26(22(20)28)12-18(27)24-11-15-5-3-2-4-6-15/h2-10,13H,11-12H2,1H3,(H,24,27). The highest BCUT2D eigenvalue weighted by atomic mass is 79.9. The summed E-state index contributed by atoms with van der Waals surface area (Å²) in [6.07, 6.45) is 1.45. The number of aromatic nitrogens is 2. The second-order valence-corrected chi connectivity index (χ2v) is 8.78. The maximum Gasteiger partial charge on any atom is 0.263 e. The summed E-state index contributed by atoms with van der Waals surface area (Å²) in [5, 5.41) is 3.41. The van der Waals surface area contributed by atoms with Crippen molar-refractivity contribution in [2.75, 3.05) is 0 Å². The maximum atomic E-state index is 13.2. The third-order valence-corrected chi connectivity index (χ3v) is 6.18.